The van der Waals surface area contributed by atoms with Crippen LogP contribution in [-0.4, -0.2) is 28.4 Å². The van der Waals surface area contributed by atoms with Crippen LogP contribution in [0.4, 0.5) is 19.6 Å². The van der Waals surface area contributed by atoms with Gasteiger partial charge in [-0.25, -0.2) is 8.78 Å². The van der Waals surface area contributed by atoms with E-state index in [0.717, 1.165) is 5.56 Å². The molecule has 0 aliphatic rings. The third kappa shape index (κ3) is 6.00. The second kappa shape index (κ2) is 9.43. The minimum Gasteiger partial charge on any atom is -0.355 e. The van der Waals surface area contributed by atoms with E-state index >= 15 is 0 Å². The molecule has 9 heteroatoms. The molecule has 0 aliphatic heterocycles. The molecule has 2 N–H and O–H groups in total. The minimum atomic E-state index is -0.373. The van der Waals surface area contributed by atoms with Gasteiger partial charge in [0.1, 0.15) is 11.6 Å². The quantitative estimate of drug-likeness (QED) is 0.554. The highest BCUT2D eigenvalue weighted by atomic mass is 32.2. The fraction of sp³-hybridized carbons (Fsp3) is 0.167. The normalized spacial score (nSPS) is 10.6. The van der Waals surface area contributed by atoms with E-state index in [1.807, 2.05) is 0 Å². The molecule has 0 aliphatic carbocycles. The molecular weight excluding hydrogens is 390 g/mol. The summed E-state index contributed by atoms with van der Waals surface area (Å²) in [4.78, 5) is 11.9. The molecule has 1 amide bonds. The summed E-state index contributed by atoms with van der Waals surface area (Å²) in [5.74, 6) is -0.568. The number of para-hydroxylation sites is 1. The van der Waals surface area contributed by atoms with Crippen LogP contribution in [-0.2, 0) is 11.2 Å². The van der Waals surface area contributed by atoms with E-state index in [-0.39, 0.29) is 23.3 Å². The van der Waals surface area contributed by atoms with Crippen LogP contribution < -0.4 is 10.6 Å². The first-order chi connectivity index (χ1) is 13.1. The number of halogens is 2. The molecule has 0 atom stereocenters. The smallest absolute Gasteiger partial charge is 0.230 e. The van der Waals surface area contributed by atoms with Crippen LogP contribution >= 0.6 is 23.1 Å². The van der Waals surface area contributed by atoms with Gasteiger partial charge in [0.15, 0.2) is 4.34 Å². The number of benzene rings is 2. The molecule has 0 unspecified atom stereocenters. The lowest BCUT2D eigenvalue weighted by atomic mass is 10.1. The van der Waals surface area contributed by atoms with Gasteiger partial charge < -0.3 is 10.6 Å². The molecule has 3 aromatic rings. The molecule has 0 radical (unpaired) electrons. The van der Waals surface area contributed by atoms with E-state index in [0.29, 0.717) is 28.1 Å². The number of carbonyl (C=O) groups is 1. The molecule has 3 rings (SSSR count). The summed E-state index contributed by atoms with van der Waals surface area (Å²) >= 11 is 2.51. The van der Waals surface area contributed by atoms with Crippen molar-refractivity contribution in [3.05, 3.63) is 65.7 Å². The number of hydrogen-bond acceptors (Lipinski definition) is 6. The summed E-state index contributed by atoms with van der Waals surface area (Å²) in [6.45, 7) is 0.473. The maximum absolute atomic E-state index is 13.6. The van der Waals surface area contributed by atoms with E-state index in [1.165, 1.54) is 41.3 Å². The highest BCUT2D eigenvalue weighted by Gasteiger charge is 2.09. The van der Waals surface area contributed by atoms with Crippen molar-refractivity contribution in [2.45, 2.75) is 10.8 Å². The minimum absolute atomic E-state index is 0.124. The van der Waals surface area contributed by atoms with Gasteiger partial charge in [0, 0.05) is 6.54 Å². The number of nitrogens with zero attached hydrogens (tertiary/aromatic N) is 2. The van der Waals surface area contributed by atoms with Crippen molar-refractivity contribution in [1.29, 1.82) is 0 Å². The van der Waals surface area contributed by atoms with Gasteiger partial charge in [-0.3, -0.25) is 4.79 Å². The average molecular weight is 406 g/mol. The Bertz CT molecular complexity index is 902. The van der Waals surface area contributed by atoms with Crippen LogP contribution in [0.2, 0.25) is 0 Å². The predicted octanol–water partition coefficient (Wildman–Crippen LogP) is 4.01. The van der Waals surface area contributed by atoms with Gasteiger partial charge in [0.2, 0.25) is 11.0 Å². The molecule has 1 heterocycles. The molecule has 0 spiro atoms. The molecule has 0 saturated heterocycles. The van der Waals surface area contributed by atoms with Crippen molar-refractivity contribution in [2.75, 3.05) is 17.6 Å². The predicted molar refractivity (Wildman–Crippen MR) is 103 cm³/mol. The molecule has 27 heavy (non-hydrogen) atoms. The summed E-state index contributed by atoms with van der Waals surface area (Å²) in [6.07, 6.45) is 0.631. The van der Waals surface area contributed by atoms with Gasteiger partial charge in [-0.2, -0.15) is 0 Å². The topological polar surface area (TPSA) is 66.9 Å². The molecule has 5 nitrogen and oxygen atoms in total. The number of amides is 1. The summed E-state index contributed by atoms with van der Waals surface area (Å²) in [5.41, 5.74) is 1.28. The third-order valence-corrected chi connectivity index (χ3v) is 5.47. The van der Waals surface area contributed by atoms with Crippen molar-refractivity contribution in [3.8, 4) is 0 Å². The molecule has 0 fully saturated rings. The monoisotopic (exact) mass is 406 g/mol. The highest BCUT2D eigenvalue weighted by molar-refractivity contribution is 8.01. The summed E-state index contributed by atoms with van der Waals surface area (Å²) < 4.78 is 27.1. The lowest BCUT2D eigenvalue weighted by Crippen LogP contribution is -2.27. The van der Waals surface area contributed by atoms with Gasteiger partial charge in [-0.1, -0.05) is 47.4 Å². The number of anilines is 2. The molecule has 140 valence electrons. The van der Waals surface area contributed by atoms with Crippen molar-refractivity contribution in [1.82, 2.24) is 15.5 Å². The Morgan fingerprint density at radius 3 is 2.63 bits per heavy atom. The van der Waals surface area contributed by atoms with Crippen LogP contribution in [0.5, 0.6) is 0 Å². The number of hydrogen-bond donors (Lipinski definition) is 2. The number of rotatable bonds is 8. The zero-order valence-electron chi connectivity index (χ0n) is 14.1. The third-order valence-electron chi connectivity index (χ3n) is 3.50. The lowest BCUT2D eigenvalue weighted by molar-refractivity contribution is -0.118. The number of carbonyl (C=O) groups excluding carboxylic acids is 1. The SMILES string of the molecule is O=C(CSc1nnc(Nc2ccccc2F)s1)NCCc1ccc(F)cc1. The van der Waals surface area contributed by atoms with Gasteiger partial charge in [-0.15, -0.1) is 10.2 Å². The van der Waals surface area contributed by atoms with E-state index < -0.39 is 0 Å². The van der Waals surface area contributed by atoms with Crippen molar-refractivity contribution in [2.24, 2.45) is 0 Å². The van der Waals surface area contributed by atoms with E-state index in [2.05, 4.69) is 20.8 Å². The molecule has 2 aromatic carbocycles. The summed E-state index contributed by atoms with van der Waals surface area (Å²) in [5, 5.41) is 14.1. The second-order valence-corrected chi connectivity index (χ2v) is 7.69. The van der Waals surface area contributed by atoms with E-state index in [9.17, 15) is 13.6 Å². The first-order valence-electron chi connectivity index (χ1n) is 8.09. The standard InChI is InChI=1S/C18H16F2N4OS2/c19-13-7-5-12(6-8-13)9-10-21-16(25)11-26-18-24-23-17(27-18)22-15-4-2-1-3-14(15)20/h1-8H,9-11H2,(H,21,25)(H,22,23). The fourth-order valence-corrected chi connectivity index (χ4v) is 3.77. The first-order valence-corrected chi connectivity index (χ1v) is 9.89. The zero-order valence-corrected chi connectivity index (χ0v) is 15.7. The maximum Gasteiger partial charge on any atom is 0.230 e. The average Bonchev–Trinajstić information content (AvgIpc) is 3.11. The number of aromatic nitrogens is 2. The first kappa shape index (κ1) is 19.2. The van der Waals surface area contributed by atoms with Gasteiger partial charge in [0.05, 0.1) is 11.4 Å². The van der Waals surface area contributed by atoms with Gasteiger partial charge in [-0.05, 0) is 36.2 Å². The largest absolute Gasteiger partial charge is 0.355 e. The Kier molecular flexibility index (Phi) is 6.72. The van der Waals surface area contributed by atoms with E-state index in [1.54, 1.807) is 30.3 Å². The molecule has 0 saturated carbocycles. The Hall–Kier alpha value is -2.52. The Labute approximate surface area is 163 Å². The van der Waals surface area contributed by atoms with Crippen LogP contribution in [0, 0.1) is 11.6 Å². The Morgan fingerprint density at radius 2 is 1.85 bits per heavy atom. The zero-order chi connectivity index (χ0) is 19.1. The lowest BCUT2D eigenvalue weighted by Gasteiger charge is -2.04. The van der Waals surface area contributed by atoms with Gasteiger partial charge in [0.25, 0.3) is 0 Å². The van der Waals surface area contributed by atoms with Crippen LogP contribution in [0.15, 0.2) is 52.9 Å². The molecule has 1 aromatic heterocycles. The van der Waals surface area contributed by atoms with Crippen molar-refractivity contribution < 1.29 is 13.6 Å². The summed E-state index contributed by atoms with van der Waals surface area (Å²) in [6, 6.07) is 12.5. The summed E-state index contributed by atoms with van der Waals surface area (Å²) in [7, 11) is 0. The molecule has 0 bridgehead atoms. The second-order valence-electron chi connectivity index (χ2n) is 5.49. The van der Waals surface area contributed by atoms with Gasteiger partial charge >= 0.3 is 0 Å². The van der Waals surface area contributed by atoms with Crippen LogP contribution in [0.25, 0.3) is 0 Å². The van der Waals surface area contributed by atoms with Crippen molar-refractivity contribution >= 4 is 39.8 Å². The van der Waals surface area contributed by atoms with Crippen LogP contribution in [0.1, 0.15) is 5.56 Å². The molecular formula is C18H16F2N4OS2. The highest BCUT2D eigenvalue weighted by Crippen LogP contribution is 2.28. The van der Waals surface area contributed by atoms with Crippen molar-refractivity contribution in [3.63, 3.8) is 0 Å². The van der Waals surface area contributed by atoms with E-state index in [4.69, 9.17) is 0 Å². The Balaban J connectivity index is 1.41. The maximum atomic E-state index is 13.6. The van der Waals surface area contributed by atoms with Crippen LogP contribution in [0.3, 0.4) is 0 Å². The number of thioether (sulfide) groups is 1. The number of nitrogens with one attached hydrogen (secondary N) is 2. The fourth-order valence-electron chi connectivity index (χ4n) is 2.17. The Morgan fingerprint density at radius 1 is 1.07 bits per heavy atom.